The summed E-state index contributed by atoms with van der Waals surface area (Å²) in [6, 6.07) is 8.90. The molecule has 0 radical (unpaired) electrons. The van der Waals surface area contributed by atoms with E-state index < -0.39 is 89.4 Å². The SMILES string of the molecule is CC(C)C[C@@H]1NC(=O)[C@H](C)N(C)C(=O)[C@H](C)NC(=O)CCCCC(C)NC(=O)[C@H](CCN(C(=O)CO)[C@@H](c2cc(-c3cc(F)ccc3F)cn2Cc2ccccc2)C(C)(C)C)NC1=O. The predicted octanol–water partition coefficient (Wildman–Crippen LogP) is 5.23. The number of benzene rings is 2. The van der Waals surface area contributed by atoms with Crippen LogP contribution in [-0.4, -0.2) is 105 Å². The van der Waals surface area contributed by atoms with Crippen LogP contribution in [0.25, 0.3) is 11.1 Å². The lowest BCUT2D eigenvalue weighted by molar-refractivity contribution is -0.142. The highest BCUT2D eigenvalue weighted by atomic mass is 19.1. The first-order valence-electron chi connectivity index (χ1n) is 22.2. The first-order chi connectivity index (χ1) is 30.1. The maximum Gasteiger partial charge on any atom is 0.248 e. The Morgan fingerprint density at radius 2 is 1.53 bits per heavy atom. The summed E-state index contributed by atoms with van der Waals surface area (Å²) in [5.74, 6) is -4.64. The van der Waals surface area contributed by atoms with Crippen molar-refractivity contribution >= 4 is 35.4 Å². The van der Waals surface area contributed by atoms with E-state index in [0.717, 1.165) is 23.8 Å². The highest BCUT2D eigenvalue weighted by Crippen LogP contribution is 2.41. The summed E-state index contributed by atoms with van der Waals surface area (Å²) in [6.07, 6.45) is 3.45. The molecule has 0 saturated carbocycles. The Hall–Kier alpha value is -5.64. The van der Waals surface area contributed by atoms with Crippen molar-refractivity contribution in [1.82, 2.24) is 35.6 Å². The molecule has 2 heterocycles. The number of aromatic nitrogens is 1. The van der Waals surface area contributed by atoms with Gasteiger partial charge in [-0.05, 0) is 87.6 Å². The molecule has 6 amide bonds. The van der Waals surface area contributed by atoms with Crippen LogP contribution in [0.5, 0.6) is 0 Å². The molecule has 0 aliphatic carbocycles. The molecule has 4 rings (SSSR count). The summed E-state index contributed by atoms with van der Waals surface area (Å²) < 4.78 is 31.7. The zero-order valence-electron chi connectivity index (χ0n) is 38.7. The fraction of sp³-hybridized carbons (Fsp3) is 0.542. The van der Waals surface area contributed by atoms with Crippen LogP contribution in [0, 0.1) is 23.0 Å². The van der Waals surface area contributed by atoms with E-state index in [9.17, 15) is 38.3 Å². The third kappa shape index (κ3) is 13.9. The van der Waals surface area contributed by atoms with Crippen molar-refractivity contribution in [2.24, 2.45) is 11.3 Å². The van der Waals surface area contributed by atoms with Crippen LogP contribution < -0.4 is 21.3 Å². The molecule has 1 aliphatic rings. The van der Waals surface area contributed by atoms with Gasteiger partial charge in [0.15, 0.2) is 0 Å². The molecule has 0 spiro atoms. The van der Waals surface area contributed by atoms with Crippen LogP contribution in [0.1, 0.15) is 111 Å². The van der Waals surface area contributed by atoms with E-state index in [2.05, 4.69) is 21.3 Å². The quantitative estimate of drug-likeness (QED) is 0.175. The van der Waals surface area contributed by atoms with Crippen molar-refractivity contribution in [3.8, 4) is 11.1 Å². The van der Waals surface area contributed by atoms with Crippen molar-refractivity contribution in [3.05, 3.63) is 83.7 Å². The number of aliphatic hydroxyl groups is 1. The Morgan fingerprint density at radius 3 is 2.17 bits per heavy atom. The molecule has 1 aromatic heterocycles. The fourth-order valence-electron chi connectivity index (χ4n) is 8.10. The molecular formula is C48H67F2N7O7. The van der Waals surface area contributed by atoms with E-state index in [-0.39, 0.29) is 43.2 Å². The second-order valence-electron chi connectivity index (χ2n) is 18.5. The molecule has 1 saturated heterocycles. The molecule has 0 bridgehead atoms. The fourth-order valence-corrected chi connectivity index (χ4v) is 8.10. The number of rotatable bonds is 11. The van der Waals surface area contributed by atoms with E-state index in [1.54, 1.807) is 26.1 Å². The van der Waals surface area contributed by atoms with Gasteiger partial charge in [0.25, 0.3) is 0 Å². The smallest absolute Gasteiger partial charge is 0.248 e. The van der Waals surface area contributed by atoms with Gasteiger partial charge in [0.2, 0.25) is 35.4 Å². The number of nitrogens with zero attached hydrogens (tertiary/aromatic N) is 3. The first kappa shape index (κ1) is 51.0. The zero-order chi connectivity index (χ0) is 47.5. The van der Waals surface area contributed by atoms with Crippen molar-refractivity contribution in [2.45, 2.75) is 137 Å². The van der Waals surface area contributed by atoms with Crippen molar-refractivity contribution in [2.75, 3.05) is 20.2 Å². The highest BCUT2D eigenvalue weighted by molar-refractivity contribution is 5.95. The Balaban J connectivity index is 1.77. The molecule has 1 unspecified atom stereocenters. The normalized spacial score (nSPS) is 21.8. The topological polar surface area (TPSA) is 182 Å². The largest absolute Gasteiger partial charge is 0.387 e. The second kappa shape index (κ2) is 22.8. The van der Waals surface area contributed by atoms with Crippen LogP contribution in [-0.2, 0) is 35.3 Å². The lowest BCUT2D eigenvalue weighted by Crippen LogP contribution is -2.58. The van der Waals surface area contributed by atoms with Gasteiger partial charge in [0.05, 0.1) is 6.04 Å². The Morgan fingerprint density at radius 1 is 0.875 bits per heavy atom. The summed E-state index contributed by atoms with van der Waals surface area (Å²) in [5.41, 5.74) is 1.09. The second-order valence-corrected chi connectivity index (χ2v) is 18.5. The molecule has 16 heteroatoms. The van der Waals surface area contributed by atoms with E-state index in [1.165, 1.54) is 23.8 Å². The van der Waals surface area contributed by atoms with E-state index in [0.29, 0.717) is 37.1 Å². The maximum atomic E-state index is 15.3. The molecule has 1 aliphatic heterocycles. The van der Waals surface area contributed by atoms with Crippen LogP contribution in [0.4, 0.5) is 8.78 Å². The van der Waals surface area contributed by atoms with Gasteiger partial charge in [0, 0.05) is 55.6 Å². The number of nitrogens with one attached hydrogen (secondary N) is 4. The molecule has 5 N–H and O–H groups in total. The van der Waals surface area contributed by atoms with Gasteiger partial charge >= 0.3 is 0 Å². The predicted molar refractivity (Wildman–Crippen MR) is 240 cm³/mol. The summed E-state index contributed by atoms with van der Waals surface area (Å²) in [4.78, 5) is 84.8. The van der Waals surface area contributed by atoms with Gasteiger partial charge in [-0.25, -0.2) is 8.78 Å². The molecule has 6 atom stereocenters. The Bertz CT molecular complexity index is 2100. The van der Waals surface area contributed by atoms with Crippen LogP contribution in [0.15, 0.2) is 60.8 Å². The molecular weight excluding hydrogens is 825 g/mol. The minimum absolute atomic E-state index is 0.0237. The number of aliphatic hydroxyl groups excluding tert-OH is 1. The third-order valence-electron chi connectivity index (χ3n) is 11.6. The average molecular weight is 892 g/mol. The number of hydrogen-bond acceptors (Lipinski definition) is 7. The molecule has 3 aromatic rings. The van der Waals surface area contributed by atoms with Crippen LogP contribution in [0.2, 0.25) is 0 Å². The Kier molecular flexibility index (Phi) is 18.2. The van der Waals surface area contributed by atoms with Gasteiger partial charge in [-0.15, -0.1) is 0 Å². The van der Waals surface area contributed by atoms with E-state index in [4.69, 9.17) is 0 Å². The highest BCUT2D eigenvalue weighted by Gasteiger charge is 2.39. The van der Waals surface area contributed by atoms with Crippen molar-refractivity contribution in [3.63, 3.8) is 0 Å². The number of amides is 6. The summed E-state index contributed by atoms with van der Waals surface area (Å²) in [6.45, 7) is 13.6. The lowest BCUT2D eigenvalue weighted by Gasteiger charge is -2.41. The molecule has 2 aromatic carbocycles. The van der Waals surface area contributed by atoms with Gasteiger partial charge in [-0.3, -0.25) is 28.8 Å². The van der Waals surface area contributed by atoms with Crippen LogP contribution in [0.3, 0.4) is 0 Å². The van der Waals surface area contributed by atoms with Gasteiger partial charge in [-0.2, -0.15) is 0 Å². The number of likely N-dealkylation sites (N-methyl/N-ethyl adjacent to an activating group) is 1. The first-order valence-corrected chi connectivity index (χ1v) is 22.2. The number of hydrogen-bond donors (Lipinski definition) is 5. The van der Waals surface area contributed by atoms with Crippen molar-refractivity contribution < 1.29 is 42.7 Å². The average Bonchev–Trinajstić information content (AvgIpc) is 3.63. The van der Waals surface area contributed by atoms with Gasteiger partial charge in [-0.1, -0.05) is 71.4 Å². The van der Waals surface area contributed by atoms with E-state index >= 15 is 4.39 Å². The monoisotopic (exact) mass is 892 g/mol. The molecule has 64 heavy (non-hydrogen) atoms. The number of carbonyl (C=O) groups is 6. The lowest BCUT2D eigenvalue weighted by atomic mass is 9.82. The molecule has 1 fully saturated rings. The minimum atomic E-state index is -1.24. The number of carbonyl (C=O) groups excluding carboxylic acids is 6. The number of halogens is 2. The van der Waals surface area contributed by atoms with Gasteiger partial charge in [0.1, 0.15) is 42.4 Å². The zero-order valence-corrected chi connectivity index (χ0v) is 38.7. The standard InChI is InChI=1S/C48H67F2N7O7/c1-29(2)23-39-46(63)53-38(45(62)51-30(3)15-13-14-18-41(59)52-31(4)47(64)55(9)32(5)44(61)54-39)21-22-57(42(60)28-58)43(48(6,7)8)40-24-34(36-25-35(49)19-20-37(36)50)27-56(40)26-33-16-11-10-12-17-33/h10-12,16-17,19-20,24-25,27,29-32,38-39,43,58H,13-15,18,21-23,26,28H2,1-9H3,(H,51,62)(H,52,59)(H,53,63)(H,54,61)/t30?,31-,32-,38-,39-,43-/m0/s1. The van der Waals surface area contributed by atoms with E-state index in [1.807, 2.05) is 69.5 Å². The molecule has 14 nitrogen and oxygen atoms in total. The maximum absolute atomic E-state index is 15.3. The van der Waals surface area contributed by atoms with Crippen molar-refractivity contribution in [1.29, 1.82) is 0 Å². The third-order valence-corrected chi connectivity index (χ3v) is 11.6. The Labute approximate surface area is 375 Å². The summed E-state index contributed by atoms with van der Waals surface area (Å²) >= 11 is 0. The van der Waals surface area contributed by atoms with Gasteiger partial charge < -0.3 is 40.7 Å². The summed E-state index contributed by atoms with van der Waals surface area (Å²) in [7, 11) is 1.44. The molecule has 350 valence electrons. The van der Waals surface area contributed by atoms with Crippen LogP contribution >= 0.6 is 0 Å². The minimum Gasteiger partial charge on any atom is -0.387 e. The summed E-state index contributed by atoms with van der Waals surface area (Å²) in [5, 5.41) is 21.7.